The Bertz CT molecular complexity index is 442. The zero-order valence-electron chi connectivity index (χ0n) is 10.1. The Morgan fingerprint density at radius 1 is 1.41 bits per heavy atom. The van der Waals surface area contributed by atoms with Crippen molar-refractivity contribution in [1.82, 2.24) is 10.2 Å². The average Bonchev–Trinajstić information content (AvgIpc) is 2.34. The fourth-order valence-corrected chi connectivity index (χ4v) is 2.85. The van der Waals surface area contributed by atoms with E-state index >= 15 is 0 Å². The van der Waals surface area contributed by atoms with Gasteiger partial charge in [0.25, 0.3) is 0 Å². The molecule has 1 aromatic carbocycles. The molecule has 1 heterocycles. The monoisotopic (exact) mass is 340 g/mol. The molecule has 1 saturated heterocycles. The molecule has 0 saturated carbocycles. The van der Waals surface area contributed by atoms with Crippen molar-refractivity contribution in [3.8, 4) is 12.3 Å². The van der Waals surface area contributed by atoms with Gasteiger partial charge >= 0.3 is 0 Å². The molecule has 0 aromatic heterocycles. The maximum atomic E-state index is 5.54. The Morgan fingerprint density at radius 2 is 2.12 bits per heavy atom. The number of terminal acetylenes is 1. The molecular formula is C14H17IN2. The topological polar surface area (TPSA) is 15.3 Å². The second-order valence-corrected chi connectivity index (χ2v) is 5.65. The van der Waals surface area contributed by atoms with Gasteiger partial charge in [-0.2, -0.15) is 0 Å². The number of benzene rings is 1. The Hall–Kier alpha value is -0.570. The Morgan fingerprint density at radius 3 is 2.76 bits per heavy atom. The van der Waals surface area contributed by atoms with Gasteiger partial charge in [0, 0.05) is 41.9 Å². The zero-order chi connectivity index (χ0) is 12.3. The van der Waals surface area contributed by atoms with E-state index in [-0.39, 0.29) is 0 Å². The lowest BCUT2D eigenvalue weighted by atomic mass is 10.0. The summed E-state index contributed by atoms with van der Waals surface area (Å²) in [5.41, 5.74) is 3.65. The van der Waals surface area contributed by atoms with Gasteiger partial charge in [-0.15, -0.1) is 6.42 Å². The summed E-state index contributed by atoms with van der Waals surface area (Å²) >= 11 is 2.34. The normalized spacial score (nSPS) is 16.8. The number of hydrogen-bond donors (Lipinski definition) is 1. The van der Waals surface area contributed by atoms with E-state index in [2.05, 4.69) is 57.8 Å². The molecule has 17 heavy (non-hydrogen) atoms. The summed E-state index contributed by atoms with van der Waals surface area (Å²) in [6.07, 6.45) is 5.54. The van der Waals surface area contributed by atoms with Crippen LogP contribution in [0, 0.1) is 22.8 Å². The molecule has 3 heteroatoms. The first kappa shape index (κ1) is 12.9. The lowest BCUT2D eigenvalue weighted by Gasteiger charge is -2.28. The Labute approximate surface area is 117 Å². The summed E-state index contributed by atoms with van der Waals surface area (Å²) in [5, 5.41) is 3.37. The standard InChI is InChI=1S/C14H17IN2/c1-3-12-8-14(15)9-13(11(12)2)10-17-6-4-16-5-7-17/h1,8-9,16H,4-7,10H2,2H3. The third kappa shape index (κ3) is 3.21. The van der Waals surface area contributed by atoms with Crippen LogP contribution in [0.25, 0.3) is 0 Å². The molecule has 1 fully saturated rings. The highest BCUT2D eigenvalue weighted by Gasteiger charge is 2.12. The van der Waals surface area contributed by atoms with Crippen LogP contribution in [0.1, 0.15) is 16.7 Å². The molecule has 0 spiro atoms. The number of rotatable bonds is 2. The van der Waals surface area contributed by atoms with Crippen molar-refractivity contribution in [2.45, 2.75) is 13.5 Å². The van der Waals surface area contributed by atoms with E-state index in [1.165, 1.54) is 14.7 Å². The molecule has 1 aliphatic heterocycles. The predicted molar refractivity (Wildman–Crippen MR) is 80.0 cm³/mol. The Kier molecular flexibility index (Phi) is 4.43. The van der Waals surface area contributed by atoms with Crippen LogP contribution in [0.2, 0.25) is 0 Å². The van der Waals surface area contributed by atoms with Gasteiger partial charge in [-0.3, -0.25) is 4.90 Å². The maximum absolute atomic E-state index is 5.54. The lowest BCUT2D eigenvalue weighted by molar-refractivity contribution is 0.233. The van der Waals surface area contributed by atoms with Gasteiger partial charge in [0.2, 0.25) is 0 Å². The minimum absolute atomic E-state index is 1.01. The minimum Gasteiger partial charge on any atom is -0.314 e. The van der Waals surface area contributed by atoms with Crippen LogP contribution in [0.15, 0.2) is 12.1 Å². The summed E-state index contributed by atoms with van der Waals surface area (Å²) in [4.78, 5) is 2.48. The van der Waals surface area contributed by atoms with Crippen molar-refractivity contribution >= 4 is 22.6 Å². The molecule has 0 aliphatic carbocycles. The van der Waals surface area contributed by atoms with Crippen LogP contribution in [-0.4, -0.2) is 31.1 Å². The fourth-order valence-electron chi connectivity index (χ4n) is 2.16. The van der Waals surface area contributed by atoms with E-state index in [9.17, 15) is 0 Å². The van der Waals surface area contributed by atoms with Gasteiger partial charge in [0.15, 0.2) is 0 Å². The summed E-state index contributed by atoms with van der Waals surface area (Å²) in [5.74, 6) is 2.78. The molecule has 0 bridgehead atoms. The fraction of sp³-hybridized carbons (Fsp3) is 0.429. The molecule has 1 aliphatic rings. The number of hydrogen-bond acceptors (Lipinski definition) is 2. The molecule has 0 radical (unpaired) electrons. The van der Waals surface area contributed by atoms with Crippen molar-refractivity contribution in [3.05, 3.63) is 32.4 Å². The quantitative estimate of drug-likeness (QED) is 0.654. The average molecular weight is 340 g/mol. The van der Waals surface area contributed by atoms with Crippen LogP contribution in [0.3, 0.4) is 0 Å². The smallest absolute Gasteiger partial charge is 0.0285 e. The van der Waals surface area contributed by atoms with Gasteiger partial charge in [-0.25, -0.2) is 0 Å². The second-order valence-electron chi connectivity index (χ2n) is 4.41. The zero-order valence-corrected chi connectivity index (χ0v) is 12.3. The molecule has 0 unspecified atom stereocenters. The third-order valence-electron chi connectivity index (χ3n) is 3.24. The van der Waals surface area contributed by atoms with E-state index < -0.39 is 0 Å². The molecule has 0 atom stereocenters. The van der Waals surface area contributed by atoms with Gasteiger partial charge in [-0.05, 0) is 52.8 Å². The summed E-state index contributed by atoms with van der Waals surface area (Å²) in [6, 6.07) is 4.33. The summed E-state index contributed by atoms with van der Waals surface area (Å²) in [6.45, 7) is 7.56. The third-order valence-corrected chi connectivity index (χ3v) is 3.86. The van der Waals surface area contributed by atoms with Gasteiger partial charge < -0.3 is 5.32 Å². The van der Waals surface area contributed by atoms with Crippen molar-refractivity contribution in [3.63, 3.8) is 0 Å². The first-order valence-electron chi connectivity index (χ1n) is 5.89. The van der Waals surface area contributed by atoms with Crippen LogP contribution >= 0.6 is 22.6 Å². The predicted octanol–water partition coefficient (Wildman–Crippen LogP) is 1.99. The van der Waals surface area contributed by atoms with Crippen molar-refractivity contribution in [2.75, 3.05) is 26.2 Å². The molecule has 90 valence electrons. The largest absolute Gasteiger partial charge is 0.314 e. The molecule has 0 amide bonds. The molecule has 1 aromatic rings. The molecular weight excluding hydrogens is 323 g/mol. The molecule has 2 nitrogen and oxygen atoms in total. The van der Waals surface area contributed by atoms with E-state index in [1.807, 2.05) is 0 Å². The lowest BCUT2D eigenvalue weighted by Crippen LogP contribution is -2.43. The van der Waals surface area contributed by atoms with E-state index in [0.717, 1.165) is 38.3 Å². The number of nitrogens with one attached hydrogen (secondary N) is 1. The maximum Gasteiger partial charge on any atom is 0.0285 e. The van der Waals surface area contributed by atoms with Gasteiger partial charge in [-0.1, -0.05) is 5.92 Å². The van der Waals surface area contributed by atoms with Crippen molar-refractivity contribution < 1.29 is 0 Å². The number of halogens is 1. The minimum atomic E-state index is 1.01. The van der Waals surface area contributed by atoms with E-state index in [0.29, 0.717) is 0 Å². The number of nitrogens with zero attached hydrogens (tertiary/aromatic N) is 1. The Balaban J connectivity index is 2.20. The van der Waals surface area contributed by atoms with Crippen LogP contribution in [0.4, 0.5) is 0 Å². The summed E-state index contributed by atoms with van der Waals surface area (Å²) in [7, 11) is 0. The highest BCUT2D eigenvalue weighted by atomic mass is 127. The first-order valence-corrected chi connectivity index (χ1v) is 6.97. The van der Waals surface area contributed by atoms with E-state index in [4.69, 9.17) is 6.42 Å². The highest BCUT2D eigenvalue weighted by molar-refractivity contribution is 14.1. The highest BCUT2D eigenvalue weighted by Crippen LogP contribution is 2.19. The van der Waals surface area contributed by atoms with Gasteiger partial charge in [0.1, 0.15) is 0 Å². The van der Waals surface area contributed by atoms with Crippen molar-refractivity contribution in [1.29, 1.82) is 0 Å². The SMILES string of the molecule is C#Cc1cc(I)cc(CN2CCNCC2)c1C. The van der Waals surface area contributed by atoms with Gasteiger partial charge in [0.05, 0.1) is 0 Å². The first-order chi connectivity index (χ1) is 8.20. The molecule has 2 rings (SSSR count). The summed E-state index contributed by atoms with van der Waals surface area (Å²) < 4.78 is 1.23. The number of piperazine rings is 1. The van der Waals surface area contributed by atoms with Crippen LogP contribution in [-0.2, 0) is 6.54 Å². The van der Waals surface area contributed by atoms with Crippen LogP contribution in [0.5, 0.6) is 0 Å². The van der Waals surface area contributed by atoms with Crippen LogP contribution < -0.4 is 5.32 Å². The second kappa shape index (κ2) is 5.85. The molecule has 1 N–H and O–H groups in total. The van der Waals surface area contributed by atoms with E-state index in [1.54, 1.807) is 0 Å². The van der Waals surface area contributed by atoms with Crippen molar-refractivity contribution in [2.24, 2.45) is 0 Å².